The Labute approximate surface area is 217 Å². The summed E-state index contributed by atoms with van der Waals surface area (Å²) in [5.41, 5.74) is 14.1. The molecule has 2 unspecified atom stereocenters. The molecule has 0 aromatic heterocycles. The van der Waals surface area contributed by atoms with Crippen LogP contribution in [0, 0.1) is 0 Å². The summed E-state index contributed by atoms with van der Waals surface area (Å²) in [7, 11) is 0. The van der Waals surface area contributed by atoms with E-state index in [0.29, 0.717) is 31.4 Å². The molecule has 1 aliphatic heterocycles. The van der Waals surface area contributed by atoms with Crippen molar-refractivity contribution in [2.45, 2.75) is 56.6 Å². The Morgan fingerprint density at radius 2 is 1.89 bits per heavy atom. The number of rotatable bonds is 9. The van der Waals surface area contributed by atoms with Gasteiger partial charge in [0.05, 0.1) is 12.6 Å². The van der Waals surface area contributed by atoms with Crippen molar-refractivity contribution in [1.29, 1.82) is 0 Å². The quantitative estimate of drug-likeness (QED) is 0.280. The lowest BCUT2D eigenvalue weighted by Gasteiger charge is -2.18. The van der Waals surface area contributed by atoms with E-state index < -0.39 is 24.0 Å². The number of amides is 3. The largest absolute Gasteiger partial charge is 0.480 e. The van der Waals surface area contributed by atoms with Crippen LogP contribution in [0.4, 0.5) is 0 Å². The zero-order valence-electron chi connectivity index (χ0n) is 21.6. The molecule has 0 bridgehead atoms. The topological polar surface area (TPSA) is 177 Å². The maximum atomic E-state index is 12.3. The van der Waals surface area contributed by atoms with Crippen LogP contribution >= 0.6 is 0 Å². The number of aliphatic carboxylic acids is 1. The van der Waals surface area contributed by atoms with Gasteiger partial charge in [0.25, 0.3) is 0 Å². The summed E-state index contributed by atoms with van der Waals surface area (Å²) in [6.07, 6.45) is 2.92. The third kappa shape index (κ3) is 8.40. The number of hydrogen-bond acceptors (Lipinski definition) is 6. The highest BCUT2D eigenvalue weighted by molar-refractivity contribution is 5.93. The van der Waals surface area contributed by atoms with Crippen molar-refractivity contribution in [3.05, 3.63) is 70.8 Å². The zero-order chi connectivity index (χ0) is 27.7. The highest BCUT2D eigenvalue weighted by Gasteiger charge is 2.32. The second-order valence-electron chi connectivity index (χ2n) is 9.11. The van der Waals surface area contributed by atoms with Crippen LogP contribution in [0.15, 0.2) is 48.5 Å². The molecule has 2 aliphatic rings. The molecule has 0 spiro atoms. The van der Waals surface area contributed by atoms with E-state index in [1.807, 2.05) is 42.5 Å². The Bertz CT molecular complexity index is 1150. The first-order chi connectivity index (χ1) is 18.2. The van der Waals surface area contributed by atoms with Gasteiger partial charge in [0.2, 0.25) is 17.7 Å². The van der Waals surface area contributed by atoms with Gasteiger partial charge in [0.15, 0.2) is 0 Å². The molecular weight excluding hydrogens is 474 g/mol. The van der Waals surface area contributed by atoms with Gasteiger partial charge in [-0.15, -0.1) is 0 Å². The average molecular weight is 511 g/mol. The predicted molar refractivity (Wildman–Crippen MR) is 139 cm³/mol. The minimum absolute atomic E-state index is 0.103. The molecule has 1 saturated heterocycles. The molecule has 0 radical (unpaired) electrons. The summed E-state index contributed by atoms with van der Waals surface area (Å²) in [4.78, 5) is 45.9. The molecule has 0 saturated carbocycles. The Hall–Kier alpha value is -3.76. The molecule has 10 heteroatoms. The zero-order valence-corrected chi connectivity index (χ0v) is 20.6. The number of primary amides is 1. The first-order valence-electron chi connectivity index (χ1n) is 12.9. The number of hydrogen-bond donors (Lipinski definition) is 6. The number of nitrogens with one attached hydrogen (secondary N) is 3. The van der Waals surface area contributed by atoms with Crippen molar-refractivity contribution in [2.75, 3.05) is 13.1 Å². The molecule has 2 aromatic rings. The fourth-order valence-electron chi connectivity index (χ4n) is 4.38. The van der Waals surface area contributed by atoms with Crippen LogP contribution in [0.1, 0.15) is 47.7 Å². The summed E-state index contributed by atoms with van der Waals surface area (Å²) in [5.74, 6) is -2.10. The number of aryl methyl sites for hydroxylation is 3. The molecule has 1 heterocycles. The molecule has 4 rings (SSSR count). The van der Waals surface area contributed by atoms with E-state index >= 15 is 0 Å². The lowest BCUT2D eigenvalue weighted by atomic mass is 10.0. The monoisotopic (exact) mass is 510 g/mol. The highest BCUT2D eigenvalue weighted by atomic mass is 16.4. The molecule has 10 nitrogen and oxygen atoms in total. The first kappa shape index (κ1) is 26.3. The summed E-state index contributed by atoms with van der Waals surface area (Å²) < 4.78 is 7.68. The van der Waals surface area contributed by atoms with Crippen molar-refractivity contribution in [1.82, 2.24) is 16.0 Å². The van der Waals surface area contributed by atoms with E-state index in [1.54, 1.807) is 6.07 Å². The standard InChI is InChI=1S/C17H24N4O4.C10H11NO/c18-9-15(22)20-12-8-14(19-10-12)16(23)21-13(17(24)25)7-6-11-4-2-1-3-5-11;11-10(12)9-5-4-7-2-1-3-8(7)6-9/h1-5,12-14,19H,6-10,18H2,(H,20,22)(H,21,23)(H,24,25);4-6H,1-3H2,(H2,11,12)/t12?,13-,14+;/m1./s1/i;2D. The summed E-state index contributed by atoms with van der Waals surface area (Å²) in [5, 5.41) is 17.6. The van der Waals surface area contributed by atoms with E-state index in [-0.39, 0.29) is 30.8 Å². The van der Waals surface area contributed by atoms with Crippen LogP contribution in [0.5, 0.6) is 0 Å². The van der Waals surface area contributed by atoms with Gasteiger partial charge in [0.1, 0.15) is 6.04 Å². The number of carbonyl (C=O) groups excluding carboxylic acids is 3. The summed E-state index contributed by atoms with van der Waals surface area (Å²) >= 11 is 0. The first-order valence-corrected chi connectivity index (χ1v) is 12.3. The molecule has 4 atom stereocenters. The second kappa shape index (κ2) is 13.5. The smallest absolute Gasteiger partial charge is 0.326 e. The van der Waals surface area contributed by atoms with Crippen LogP contribution in [0.3, 0.4) is 0 Å². The highest BCUT2D eigenvalue weighted by Crippen LogP contribution is 2.22. The maximum Gasteiger partial charge on any atom is 0.326 e. The van der Waals surface area contributed by atoms with Crippen molar-refractivity contribution in [2.24, 2.45) is 11.5 Å². The fraction of sp³-hybridized carbons (Fsp3) is 0.407. The van der Waals surface area contributed by atoms with Crippen LogP contribution in [-0.4, -0.2) is 60.0 Å². The van der Waals surface area contributed by atoms with Crippen molar-refractivity contribution >= 4 is 23.7 Å². The number of nitrogens with two attached hydrogens (primary N) is 2. The van der Waals surface area contributed by atoms with Crippen LogP contribution in [-0.2, 0) is 33.6 Å². The van der Waals surface area contributed by atoms with Gasteiger partial charge in [-0.3, -0.25) is 14.4 Å². The third-order valence-corrected chi connectivity index (χ3v) is 6.38. The molecular formula is C27H35N5O5. The lowest BCUT2D eigenvalue weighted by Crippen LogP contribution is -2.48. The molecule has 1 aliphatic carbocycles. The Morgan fingerprint density at radius 1 is 1.14 bits per heavy atom. The summed E-state index contributed by atoms with van der Waals surface area (Å²) in [6, 6.07) is 13.2. The molecule has 8 N–H and O–H groups in total. The lowest BCUT2D eigenvalue weighted by molar-refractivity contribution is -0.142. The molecule has 37 heavy (non-hydrogen) atoms. The third-order valence-electron chi connectivity index (χ3n) is 6.38. The van der Waals surface area contributed by atoms with Gasteiger partial charge in [0, 0.05) is 19.5 Å². The van der Waals surface area contributed by atoms with Crippen molar-refractivity contribution in [3.8, 4) is 0 Å². The van der Waals surface area contributed by atoms with E-state index in [0.717, 1.165) is 29.5 Å². The van der Waals surface area contributed by atoms with Gasteiger partial charge in [-0.1, -0.05) is 36.4 Å². The molecule has 3 amide bonds. The van der Waals surface area contributed by atoms with E-state index in [9.17, 15) is 24.3 Å². The Morgan fingerprint density at radius 3 is 2.57 bits per heavy atom. The Kier molecular flexibility index (Phi) is 9.61. The van der Waals surface area contributed by atoms with Crippen LogP contribution < -0.4 is 27.4 Å². The van der Waals surface area contributed by atoms with Crippen LogP contribution in [0.25, 0.3) is 0 Å². The molecule has 2 aromatic carbocycles. The molecule has 198 valence electrons. The fourth-order valence-corrected chi connectivity index (χ4v) is 4.38. The Balaban J connectivity index is 0.000000256. The number of benzene rings is 2. The van der Waals surface area contributed by atoms with Crippen LogP contribution in [0.2, 0.25) is 0 Å². The number of fused-ring (bicyclic) bond motifs is 1. The number of carboxylic acid groups (broad SMARTS) is 1. The van der Waals surface area contributed by atoms with Gasteiger partial charge >= 0.3 is 5.97 Å². The number of carbonyl (C=O) groups is 4. The SMILES string of the molecule is NCC(=O)NC1CN[C@H](C(=O)N[C@H](CCc2ccccc2)C(=O)O)C1.[2H]C1CCc2cc(C(N)=O)ccc21. The van der Waals surface area contributed by atoms with E-state index in [2.05, 4.69) is 16.0 Å². The number of carboxylic acids is 1. The normalized spacial score (nSPS) is 21.0. The predicted octanol–water partition coefficient (Wildman–Crippen LogP) is 0.268. The van der Waals surface area contributed by atoms with Gasteiger partial charge in [-0.25, -0.2) is 4.79 Å². The average Bonchev–Trinajstić information content (AvgIpc) is 3.53. The minimum Gasteiger partial charge on any atom is -0.480 e. The summed E-state index contributed by atoms with van der Waals surface area (Å²) in [6.45, 7) is 0.347. The van der Waals surface area contributed by atoms with Gasteiger partial charge in [-0.2, -0.15) is 0 Å². The minimum atomic E-state index is -1.06. The van der Waals surface area contributed by atoms with Gasteiger partial charge in [-0.05, 0) is 67.3 Å². The maximum absolute atomic E-state index is 12.3. The molecule has 1 fully saturated rings. The van der Waals surface area contributed by atoms with E-state index in [4.69, 9.17) is 12.8 Å². The second-order valence-corrected chi connectivity index (χ2v) is 9.11. The van der Waals surface area contributed by atoms with Gasteiger partial charge < -0.3 is 32.5 Å². The van der Waals surface area contributed by atoms with Crippen molar-refractivity contribution in [3.63, 3.8) is 0 Å². The van der Waals surface area contributed by atoms with Crippen molar-refractivity contribution < 1.29 is 25.7 Å². The van der Waals surface area contributed by atoms with E-state index in [1.165, 1.54) is 0 Å².